The minimum absolute atomic E-state index is 0.637. The van der Waals surface area contributed by atoms with Gasteiger partial charge >= 0.3 is 0 Å². The fourth-order valence-electron chi connectivity index (χ4n) is 1.21. The average molecular weight is 214 g/mol. The number of hydrogen-bond donors (Lipinski definition) is 2. The summed E-state index contributed by atoms with van der Waals surface area (Å²) in [6.45, 7) is 7.03. The van der Waals surface area contributed by atoms with Gasteiger partial charge in [-0.3, -0.25) is 0 Å². The lowest BCUT2D eigenvalue weighted by Gasteiger charge is -2.19. The van der Waals surface area contributed by atoms with E-state index in [0.717, 1.165) is 23.9 Å². The highest BCUT2D eigenvalue weighted by atomic mass is 32.1. The molecule has 1 aromatic heterocycles. The first-order valence-electron chi connectivity index (χ1n) is 4.78. The second-order valence-corrected chi connectivity index (χ2v) is 4.38. The van der Waals surface area contributed by atoms with Crippen LogP contribution in [0.15, 0.2) is 0 Å². The molecular formula is C9H18N4S. The summed E-state index contributed by atoms with van der Waals surface area (Å²) < 4.78 is 0. The number of aryl methyl sites for hydroxylation is 2. The lowest BCUT2D eigenvalue weighted by molar-refractivity contribution is 0.777. The molecule has 1 aromatic rings. The van der Waals surface area contributed by atoms with Gasteiger partial charge in [0.15, 0.2) is 5.13 Å². The maximum atomic E-state index is 5.54. The number of thiazole rings is 1. The number of rotatable bonds is 5. The minimum atomic E-state index is 0.637. The molecule has 0 atom stereocenters. The molecule has 0 radical (unpaired) electrons. The van der Waals surface area contributed by atoms with Gasteiger partial charge in [0.1, 0.15) is 0 Å². The van der Waals surface area contributed by atoms with Gasteiger partial charge in [-0.05, 0) is 13.8 Å². The first kappa shape index (κ1) is 11.4. The minimum Gasteiger partial charge on any atom is -0.346 e. The molecule has 0 spiro atoms. The molecule has 80 valence electrons. The highest BCUT2D eigenvalue weighted by Gasteiger charge is 2.10. The van der Waals surface area contributed by atoms with Gasteiger partial charge in [0.25, 0.3) is 0 Å². The van der Waals surface area contributed by atoms with E-state index in [0.29, 0.717) is 13.1 Å². The SMILES string of the molecule is Cc1nc(N(CCN)CCN)sc1C. The van der Waals surface area contributed by atoms with Gasteiger partial charge in [-0.25, -0.2) is 4.98 Å². The molecule has 0 aliphatic carbocycles. The van der Waals surface area contributed by atoms with Crippen molar-refractivity contribution in [1.82, 2.24) is 4.98 Å². The maximum Gasteiger partial charge on any atom is 0.185 e. The summed E-state index contributed by atoms with van der Waals surface area (Å²) in [6, 6.07) is 0. The van der Waals surface area contributed by atoms with Crippen LogP contribution in [-0.2, 0) is 0 Å². The molecule has 0 unspecified atom stereocenters. The molecule has 14 heavy (non-hydrogen) atoms. The Balaban J connectivity index is 2.76. The van der Waals surface area contributed by atoms with Crippen molar-refractivity contribution in [3.8, 4) is 0 Å². The predicted octanol–water partition coefficient (Wildman–Crippen LogP) is 0.484. The van der Waals surface area contributed by atoms with Gasteiger partial charge in [0.2, 0.25) is 0 Å². The van der Waals surface area contributed by atoms with Crippen molar-refractivity contribution in [2.75, 3.05) is 31.1 Å². The molecule has 4 nitrogen and oxygen atoms in total. The normalized spacial score (nSPS) is 10.6. The highest BCUT2D eigenvalue weighted by molar-refractivity contribution is 7.15. The Hall–Kier alpha value is -0.650. The van der Waals surface area contributed by atoms with E-state index in [4.69, 9.17) is 11.5 Å². The maximum absolute atomic E-state index is 5.54. The zero-order chi connectivity index (χ0) is 10.6. The zero-order valence-electron chi connectivity index (χ0n) is 8.79. The smallest absolute Gasteiger partial charge is 0.185 e. The van der Waals surface area contributed by atoms with E-state index < -0.39 is 0 Å². The number of anilines is 1. The van der Waals surface area contributed by atoms with Gasteiger partial charge in [-0.15, -0.1) is 11.3 Å². The van der Waals surface area contributed by atoms with Gasteiger partial charge in [-0.1, -0.05) is 0 Å². The molecule has 4 N–H and O–H groups in total. The summed E-state index contributed by atoms with van der Waals surface area (Å²) in [6.07, 6.45) is 0. The first-order chi connectivity index (χ1) is 6.69. The monoisotopic (exact) mass is 214 g/mol. The van der Waals surface area contributed by atoms with Crippen molar-refractivity contribution in [1.29, 1.82) is 0 Å². The van der Waals surface area contributed by atoms with Crippen molar-refractivity contribution in [3.63, 3.8) is 0 Å². The standard InChI is InChI=1S/C9H18N4S/c1-7-8(2)14-9(12-7)13(5-3-10)6-4-11/h3-6,10-11H2,1-2H3. The zero-order valence-corrected chi connectivity index (χ0v) is 9.60. The van der Waals surface area contributed by atoms with Crippen LogP contribution < -0.4 is 16.4 Å². The Morgan fingerprint density at radius 2 is 1.79 bits per heavy atom. The summed E-state index contributed by atoms with van der Waals surface area (Å²) in [5.41, 5.74) is 12.2. The van der Waals surface area contributed by atoms with Crippen LogP contribution in [0.1, 0.15) is 10.6 Å². The van der Waals surface area contributed by atoms with E-state index >= 15 is 0 Å². The van der Waals surface area contributed by atoms with E-state index in [1.54, 1.807) is 11.3 Å². The molecular weight excluding hydrogens is 196 g/mol. The van der Waals surface area contributed by atoms with E-state index in [-0.39, 0.29) is 0 Å². The van der Waals surface area contributed by atoms with E-state index in [9.17, 15) is 0 Å². The Labute approximate surface area is 88.9 Å². The molecule has 0 aromatic carbocycles. The van der Waals surface area contributed by atoms with Gasteiger partial charge in [0.05, 0.1) is 5.69 Å². The number of nitrogens with zero attached hydrogens (tertiary/aromatic N) is 2. The Morgan fingerprint density at radius 1 is 1.21 bits per heavy atom. The third-order valence-electron chi connectivity index (χ3n) is 2.09. The van der Waals surface area contributed by atoms with Crippen molar-refractivity contribution in [2.45, 2.75) is 13.8 Å². The molecule has 1 heterocycles. The largest absolute Gasteiger partial charge is 0.346 e. The lowest BCUT2D eigenvalue weighted by Crippen LogP contribution is -2.33. The summed E-state index contributed by atoms with van der Waals surface area (Å²) in [7, 11) is 0. The van der Waals surface area contributed by atoms with Crippen molar-refractivity contribution < 1.29 is 0 Å². The number of nitrogens with two attached hydrogens (primary N) is 2. The van der Waals surface area contributed by atoms with Gasteiger partial charge < -0.3 is 16.4 Å². The summed E-state index contributed by atoms with van der Waals surface area (Å²) >= 11 is 1.71. The molecule has 5 heteroatoms. The van der Waals surface area contributed by atoms with Crippen LogP contribution in [0.3, 0.4) is 0 Å². The van der Waals surface area contributed by atoms with Gasteiger partial charge in [-0.2, -0.15) is 0 Å². The second-order valence-electron chi connectivity index (χ2n) is 3.20. The van der Waals surface area contributed by atoms with E-state index in [1.165, 1.54) is 4.88 Å². The quantitative estimate of drug-likeness (QED) is 0.748. The third-order valence-corrected chi connectivity index (χ3v) is 3.22. The molecule has 0 aliphatic rings. The number of hydrogen-bond acceptors (Lipinski definition) is 5. The fraction of sp³-hybridized carbons (Fsp3) is 0.667. The second kappa shape index (κ2) is 5.29. The van der Waals surface area contributed by atoms with Crippen LogP contribution in [0.5, 0.6) is 0 Å². The van der Waals surface area contributed by atoms with E-state index in [2.05, 4.69) is 16.8 Å². The Morgan fingerprint density at radius 3 is 2.14 bits per heavy atom. The molecule has 0 fully saturated rings. The molecule has 1 rings (SSSR count). The van der Waals surface area contributed by atoms with Crippen molar-refractivity contribution >= 4 is 16.5 Å². The summed E-state index contributed by atoms with van der Waals surface area (Å²) in [4.78, 5) is 7.89. The molecule has 0 bridgehead atoms. The van der Waals surface area contributed by atoms with Crippen LogP contribution in [-0.4, -0.2) is 31.2 Å². The topological polar surface area (TPSA) is 68.2 Å². The Bertz CT molecular complexity index is 259. The van der Waals surface area contributed by atoms with Crippen molar-refractivity contribution in [2.24, 2.45) is 11.5 Å². The molecule has 0 saturated carbocycles. The van der Waals surface area contributed by atoms with Crippen molar-refractivity contribution in [3.05, 3.63) is 10.6 Å². The summed E-state index contributed by atoms with van der Waals surface area (Å²) in [5.74, 6) is 0. The highest BCUT2D eigenvalue weighted by Crippen LogP contribution is 2.24. The van der Waals surface area contributed by atoms with E-state index in [1.807, 2.05) is 6.92 Å². The molecule has 0 saturated heterocycles. The van der Waals surface area contributed by atoms with Crippen LogP contribution in [0, 0.1) is 13.8 Å². The van der Waals surface area contributed by atoms with Crippen LogP contribution >= 0.6 is 11.3 Å². The predicted molar refractivity (Wildman–Crippen MR) is 61.9 cm³/mol. The molecule has 0 aliphatic heterocycles. The van der Waals surface area contributed by atoms with Crippen LogP contribution in [0.2, 0.25) is 0 Å². The van der Waals surface area contributed by atoms with Crippen LogP contribution in [0.4, 0.5) is 5.13 Å². The molecule has 0 amide bonds. The lowest BCUT2D eigenvalue weighted by atomic mass is 10.4. The first-order valence-corrected chi connectivity index (χ1v) is 5.59. The fourth-order valence-corrected chi connectivity index (χ4v) is 2.17. The summed E-state index contributed by atoms with van der Waals surface area (Å²) in [5, 5.41) is 1.04. The van der Waals surface area contributed by atoms with Gasteiger partial charge in [0, 0.05) is 31.1 Å². The number of aromatic nitrogens is 1. The Kier molecular flexibility index (Phi) is 4.31. The van der Waals surface area contributed by atoms with Crippen LogP contribution in [0.25, 0.3) is 0 Å². The average Bonchev–Trinajstić information content (AvgIpc) is 2.47. The third kappa shape index (κ3) is 2.67.